The van der Waals surface area contributed by atoms with Crippen LogP contribution in [0.25, 0.3) is 10.9 Å². The topological polar surface area (TPSA) is 44.4 Å². The van der Waals surface area contributed by atoms with Crippen molar-refractivity contribution in [2.24, 2.45) is 5.92 Å². The van der Waals surface area contributed by atoms with Crippen LogP contribution < -0.4 is 10.6 Å². The maximum atomic E-state index is 3.71. The molecule has 2 atom stereocenters. The van der Waals surface area contributed by atoms with E-state index in [-0.39, 0.29) is 0 Å². The smallest absolute Gasteiger partial charge is 0.101 e. The molecule has 0 unspecified atom stereocenters. The Morgan fingerprint density at radius 3 is 2.89 bits per heavy atom. The number of fused-ring (bicyclic) bond motifs is 1. The fourth-order valence-corrected chi connectivity index (χ4v) is 3.04. The third kappa shape index (κ3) is 2.67. The zero-order chi connectivity index (χ0) is 13.2. The molecule has 102 valence electrons. The number of nitrogens with two attached hydrogens (primary N) is 1. The van der Waals surface area contributed by atoms with Crippen molar-refractivity contribution in [1.29, 1.82) is 0 Å². The summed E-state index contributed by atoms with van der Waals surface area (Å²) in [5.74, 6) is 0.751. The number of quaternary nitrogens is 1. The van der Waals surface area contributed by atoms with E-state index in [1.165, 1.54) is 23.0 Å². The Hall–Kier alpha value is -1.32. The first-order chi connectivity index (χ1) is 9.24. The number of nitrogens with one attached hydrogen (secondary N) is 2. The molecule has 0 aliphatic carbocycles. The van der Waals surface area contributed by atoms with Gasteiger partial charge in [-0.05, 0) is 18.1 Å². The van der Waals surface area contributed by atoms with Crippen LogP contribution >= 0.6 is 0 Å². The highest BCUT2D eigenvalue weighted by Crippen LogP contribution is 2.19. The normalized spacial score (nSPS) is 24.2. The zero-order valence-corrected chi connectivity index (χ0v) is 11.8. The minimum absolute atomic E-state index is 0.592. The standard InChI is InChI=1S/C16H23N3/c1-11(2)16-10-17-13(9-19-16)7-12-8-18-15-6-4-3-5-14(12)15/h3-6,8,11,13,16-19H,7,9-10H2,1-2H3/p+1/t13-,16+/m0/s1. The minimum Gasteiger partial charge on any atom is -0.361 e. The van der Waals surface area contributed by atoms with E-state index in [2.05, 4.69) is 59.9 Å². The first kappa shape index (κ1) is 12.7. The van der Waals surface area contributed by atoms with Crippen LogP contribution in [0.4, 0.5) is 0 Å². The van der Waals surface area contributed by atoms with Crippen LogP contribution in [0.3, 0.4) is 0 Å². The minimum atomic E-state index is 0.592. The van der Waals surface area contributed by atoms with E-state index in [9.17, 15) is 0 Å². The predicted molar refractivity (Wildman–Crippen MR) is 79.2 cm³/mol. The lowest BCUT2D eigenvalue weighted by Crippen LogP contribution is -2.98. The molecule has 4 N–H and O–H groups in total. The maximum absolute atomic E-state index is 3.71. The second-order valence-corrected chi connectivity index (χ2v) is 6.05. The summed E-state index contributed by atoms with van der Waals surface area (Å²) >= 11 is 0. The Morgan fingerprint density at radius 1 is 1.32 bits per heavy atom. The average molecular weight is 258 g/mol. The van der Waals surface area contributed by atoms with Crippen LogP contribution in [0.2, 0.25) is 0 Å². The van der Waals surface area contributed by atoms with E-state index >= 15 is 0 Å². The molecule has 1 aliphatic rings. The monoisotopic (exact) mass is 258 g/mol. The molecular formula is C16H24N3+. The van der Waals surface area contributed by atoms with Crippen molar-refractivity contribution in [3.8, 4) is 0 Å². The third-order valence-corrected chi connectivity index (χ3v) is 4.36. The highest BCUT2D eigenvalue weighted by molar-refractivity contribution is 5.83. The van der Waals surface area contributed by atoms with E-state index in [4.69, 9.17) is 0 Å². The Bertz CT molecular complexity index is 536. The van der Waals surface area contributed by atoms with Crippen LogP contribution in [-0.2, 0) is 6.42 Å². The van der Waals surface area contributed by atoms with Gasteiger partial charge >= 0.3 is 0 Å². The maximum Gasteiger partial charge on any atom is 0.101 e. The van der Waals surface area contributed by atoms with Gasteiger partial charge in [-0.15, -0.1) is 0 Å². The Labute approximate surface area is 114 Å². The highest BCUT2D eigenvalue weighted by Gasteiger charge is 2.25. The summed E-state index contributed by atoms with van der Waals surface area (Å²) in [5.41, 5.74) is 2.68. The summed E-state index contributed by atoms with van der Waals surface area (Å²) in [6, 6.07) is 9.89. The molecule has 1 saturated heterocycles. The van der Waals surface area contributed by atoms with Gasteiger partial charge < -0.3 is 15.6 Å². The lowest BCUT2D eigenvalue weighted by molar-refractivity contribution is -0.703. The fourth-order valence-electron chi connectivity index (χ4n) is 3.04. The van der Waals surface area contributed by atoms with Crippen molar-refractivity contribution in [2.75, 3.05) is 13.1 Å². The van der Waals surface area contributed by atoms with Crippen LogP contribution in [0, 0.1) is 5.92 Å². The molecule has 0 amide bonds. The Kier molecular flexibility index (Phi) is 3.58. The van der Waals surface area contributed by atoms with Crippen molar-refractivity contribution in [1.82, 2.24) is 10.3 Å². The van der Waals surface area contributed by atoms with E-state index < -0.39 is 0 Å². The van der Waals surface area contributed by atoms with Crippen molar-refractivity contribution in [3.05, 3.63) is 36.0 Å². The molecule has 19 heavy (non-hydrogen) atoms. The van der Waals surface area contributed by atoms with Crippen molar-refractivity contribution in [3.63, 3.8) is 0 Å². The Morgan fingerprint density at radius 2 is 2.16 bits per heavy atom. The van der Waals surface area contributed by atoms with Gasteiger partial charge in [0.2, 0.25) is 0 Å². The predicted octanol–water partition coefficient (Wildman–Crippen LogP) is 1.27. The first-order valence-electron chi connectivity index (χ1n) is 7.35. The van der Waals surface area contributed by atoms with E-state index in [0.29, 0.717) is 6.04 Å². The van der Waals surface area contributed by atoms with Gasteiger partial charge in [0.25, 0.3) is 0 Å². The molecule has 3 nitrogen and oxygen atoms in total. The second kappa shape index (κ2) is 5.35. The number of para-hydroxylation sites is 1. The van der Waals surface area contributed by atoms with Gasteiger partial charge in [0, 0.05) is 29.6 Å². The SMILES string of the molecule is CC(C)[C@H]1CN[C@@H](Cc2c[nH]c3ccccc23)C[NH2+]1. The number of aromatic nitrogens is 1. The summed E-state index contributed by atoms with van der Waals surface area (Å²) in [7, 11) is 0. The Balaban J connectivity index is 1.66. The molecule has 3 rings (SSSR count). The van der Waals surface area contributed by atoms with Crippen LogP contribution in [0.15, 0.2) is 30.5 Å². The first-order valence-corrected chi connectivity index (χ1v) is 7.35. The van der Waals surface area contributed by atoms with Crippen LogP contribution in [-0.4, -0.2) is 30.2 Å². The quantitative estimate of drug-likeness (QED) is 0.763. The van der Waals surface area contributed by atoms with Crippen molar-refractivity contribution < 1.29 is 5.32 Å². The molecule has 1 fully saturated rings. The van der Waals surface area contributed by atoms with Gasteiger partial charge in [0.05, 0.1) is 12.6 Å². The van der Waals surface area contributed by atoms with Crippen molar-refractivity contribution in [2.45, 2.75) is 32.4 Å². The molecular weight excluding hydrogens is 234 g/mol. The van der Waals surface area contributed by atoms with Gasteiger partial charge in [-0.25, -0.2) is 0 Å². The summed E-state index contributed by atoms with van der Waals surface area (Å²) in [6.45, 7) is 6.93. The van der Waals surface area contributed by atoms with Gasteiger partial charge in [0.1, 0.15) is 6.04 Å². The molecule has 0 saturated carbocycles. The molecule has 0 bridgehead atoms. The number of piperazine rings is 1. The van der Waals surface area contributed by atoms with Crippen molar-refractivity contribution >= 4 is 10.9 Å². The van der Waals surface area contributed by atoms with E-state index in [0.717, 1.165) is 24.9 Å². The summed E-state index contributed by atoms with van der Waals surface area (Å²) in [6.07, 6.45) is 3.28. The summed E-state index contributed by atoms with van der Waals surface area (Å²) in [5, 5.41) is 7.59. The number of H-pyrrole nitrogens is 1. The molecule has 2 heterocycles. The van der Waals surface area contributed by atoms with Gasteiger partial charge in [0.15, 0.2) is 0 Å². The molecule has 2 aromatic rings. The van der Waals surface area contributed by atoms with Crippen LogP contribution in [0.5, 0.6) is 0 Å². The zero-order valence-electron chi connectivity index (χ0n) is 11.8. The fraction of sp³-hybridized carbons (Fsp3) is 0.500. The number of hydrogen-bond donors (Lipinski definition) is 3. The summed E-state index contributed by atoms with van der Waals surface area (Å²) < 4.78 is 0. The summed E-state index contributed by atoms with van der Waals surface area (Å²) in [4.78, 5) is 3.37. The molecule has 1 aromatic carbocycles. The average Bonchev–Trinajstić information content (AvgIpc) is 2.83. The van der Waals surface area contributed by atoms with E-state index in [1.54, 1.807) is 0 Å². The highest BCUT2D eigenvalue weighted by atomic mass is 15.1. The van der Waals surface area contributed by atoms with Gasteiger partial charge in [-0.2, -0.15) is 0 Å². The molecule has 1 aliphatic heterocycles. The number of benzene rings is 1. The molecule has 0 radical (unpaired) electrons. The third-order valence-electron chi connectivity index (χ3n) is 4.36. The van der Waals surface area contributed by atoms with Gasteiger partial charge in [-0.1, -0.05) is 32.0 Å². The number of hydrogen-bond acceptors (Lipinski definition) is 1. The lowest BCUT2D eigenvalue weighted by atomic mass is 9.98. The van der Waals surface area contributed by atoms with E-state index in [1.807, 2.05) is 0 Å². The molecule has 1 aromatic heterocycles. The van der Waals surface area contributed by atoms with Gasteiger partial charge in [-0.3, -0.25) is 0 Å². The second-order valence-electron chi connectivity index (χ2n) is 6.05. The number of aromatic amines is 1. The van der Waals surface area contributed by atoms with Crippen LogP contribution in [0.1, 0.15) is 19.4 Å². The molecule has 3 heteroatoms. The largest absolute Gasteiger partial charge is 0.361 e. The lowest BCUT2D eigenvalue weighted by Gasteiger charge is -2.30. The molecule has 0 spiro atoms. The number of rotatable bonds is 3.